The van der Waals surface area contributed by atoms with Crippen molar-refractivity contribution >= 4 is 5.96 Å². The van der Waals surface area contributed by atoms with Crippen LogP contribution in [0.4, 0.5) is 0 Å². The smallest absolute Gasteiger partial charge is 0.190 e. The summed E-state index contributed by atoms with van der Waals surface area (Å²) >= 11 is 0. The van der Waals surface area contributed by atoms with Crippen molar-refractivity contribution in [2.45, 2.75) is 38.7 Å². The lowest BCUT2D eigenvalue weighted by Crippen LogP contribution is -2.40. The molecule has 1 aliphatic heterocycles. The van der Waals surface area contributed by atoms with Gasteiger partial charge in [0, 0.05) is 32.7 Å². The third kappa shape index (κ3) is 5.02. The van der Waals surface area contributed by atoms with Crippen LogP contribution < -0.4 is 10.6 Å². The topological polar surface area (TPSA) is 45.7 Å². The molecular formula is C18H29N3O. The van der Waals surface area contributed by atoms with Crippen molar-refractivity contribution in [2.75, 3.05) is 26.7 Å². The Kier molecular flexibility index (Phi) is 7.23. The molecular weight excluding hydrogens is 274 g/mol. The molecule has 1 heterocycles. The number of benzene rings is 1. The average Bonchev–Trinajstić information content (AvgIpc) is 3.03. The van der Waals surface area contributed by atoms with Crippen LogP contribution in [0.5, 0.6) is 0 Å². The Morgan fingerprint density at radius 2 is 2.05 bits per heavy atom. The van der Waals surface area contributed by atoms with Crippen LogP contribution >= 0.6 is 0 Å². The first kappa shape index (κ1) is 16.8. The van der Waals surface area contributed by atoms with Crippen molar-refractivity contribution in [1.29, 1.82) is 0 Å². The van der Waals surface area contributed by atoms with Gasteiger partial charge in [0.1, 0.15) is 0 Å². The zero-order valence-corrected chi connectivity index (χ0v) is 13.8. The van der Waals surface area contributed by atoms with Gasteiger partial charge in [0.15, 0.2) is 5.96 Å². The first-order valence-electron chi connectivity index (χ1n) is 8.46. The summed E-state index contributed by atoms with van der Waals surface area (Å²) in [5.74, 6) is 1.39. The lowest BCUT2D eigenvalue weighted by Gasteiger charge is -2.20. The lowest BCUT2D eigenvalue weighted by atomic mass is 9.95. The Bertz CT molecular complexity index is 447. The molecule has 2 N–H and O–H groups in total. The van der Waals surface area contributed by atoms with Gasteiger partial charge in [-0.1, -0.05) is 50.1 Å². The Labute approximate surface area is 134 Å². The molecule has 2 atom stereocenters. The summed E-state index contributed by atoms with van der Waals surface area (Å²) < 4.78 is 5.93. The van der Waals surface area contributed by atoms with Crippen molar-refractivity contribution in [3.8, 4) is 0 Å². The first-order valence-corrected chi connectivity index (χ1v) is 8.46. The van der Waals surface area contributed by atoms with E-state index in [-0.39, 0.29) is 6.10 Å². The van der Waals surface area contributed by atoms with E-state index in [0.717, 1.165) is 32.1 Å². The summed E-state index contributed by atoms with van der Waals surface area (Å²) in [6.45, 7) is 4.94. The van der Waals surface area contributed by atoms with Crippen LogP contribution in [0.25, 0.3) is 0 Å². The molecule has 2 unspecified atom stereocenters. The van der Waals surface area contributed by atoms with Gasteiger partial charge in [0.2, 0.25) is 0 Å². The van der Waals surface area contributed by atoms with Crippen molar-refractivity contribution in [1.82, 2.24) is 10.6 Å². The molecule has 4 heteroatoms. The minimum atomic E-state index is 0.201. The summed E-state index contributed by atoms with van der Waals surface area (Å²) in [6, 6.07) is 10.5. The molecule has 4 nitrogen and oxygen atoms in total. The lowest BCUT2D eigenvalue weighted by molar-refractivity contribution is 0.0915. The maximum atomic E-state index is 5.93. The Hall–Kier alpha value is -1.55. The highest BCUT2D eigenvalue weighted by Crippen LogP contribution is 2.33. The number of ether oxygens (including phenoxy) is 1. The molecule has 1 aliphatic rings. The standard InChI is InChI=1S/C18H29N3O/c1-3-4-8-12-20-18(19-2)21-14-16-11-13-22-17(16)15-9-6-5-7-10-15/h5-7,9-10,16-17H,3-4,8,11-14H2,1-2H3,(H2,19,20,21). The van der Waals surface area contributed by atoms with Crippen LogP contribution in [-0.4, -0.2) is 32.7 Å². The second-order valence-corrected chi connectivity index (χ2v) is 5.84. The van der Waals surface area contributed by atoms with Crippen LogP contribution in [0.1, 0.15) is 44.3 Å². The number of hydrogen-bond donors (Lipinski definition) is 2. The maximum Gasteiger partial charge on any atom is 0.190 e. The summed E-state index contributed by atoms with van der Waals surface area (Å²) in [4.78, 5) is 4.30. The molecule has 1 aromatic rings. The highest BCUT2D eigenvalue weighted by Gasteiger charge is 2.29. The third-order valence-corrected chi connectivity index (χ3v) is 4.17. The number of aliphatic imine (C=N–C) groups is 1. The van der Waals surface area contributed by atoms with Crippen molar-refractivity contribution in [3.05, 3.63) is 35.9 Å². The number of hydrogen-bond acceptors (Lipinski definition) is 2. The second-order valence-electron chi connectivity index (χ2n) is 5.84. The van der Waals surface area contributed by atoms with E-state index in [2.05, 4.69) is 46.8 Å². The first-order chi connectivity index (χ1) is 10.8. The number of unbranched alkanes of at least 4 members (excludes halogenated alkanes) is 2. The predicted octanol–water partition coefficient (Wildman–Crippen LogP) is 3.12. The molecule has 0 bridgehead atoms. The number of guanidine groups is 1. The predicted molar refractivity (Wildman–Crippen MR) is 92.1 cm³/mol. The molecule has 1 saturated heterocycles. The van der Waals surface area contributed by atoms with Gasteiger partial charge in [0.25, 0.3) is 0 Å². The Morgan fingerprint density at radius 1 is 1.23 bits per heavy atom. The van der Waals surface area contributed by atoms with Crippen molar-refractivity contribution in [3.63, 3.8) is 0 Å². The number of rotatable bonds is 7. The summed E-state index contributed by atoms with van der Waals surface area (Å²) in [5.41, 5.74) is 1.28. The zero-order chi connectivity index (χ0) is 15.6. The number of nitrogens with zero attached hydrogens (tertiary/aromatic N) is 1. The minimum Gasteiger partial charge on any atom is -0.373 e. The van der Waals surface area contributed by atoms with E-state index >= 15 is 0 Å². The molecule has 22 heavy (non-hydrogen) atoms. The fraction of sp³-hybridized carbons (Fsp3) is 0.611. The molecule has 0 radical (unpaired) electrons. The second kappa shape index (κ2) is 9.46. The van der Waals surface area contributed by atoms with Gasteiger partial charge in [-0.05, 0) is 18.4 Å². The summed E-state index contributed by atoms with van der Waals surface area (Å²) in [6.07, 6.45) is 4.99. The molecule has 1 aromatic carbocycles. The third-order valence-electron chi connectivity index (χ3n) is 4.17. The monoisotopic (exact) mass is 303 g/mol. The zero-order valence-electron chi connectivity index (χ0n) is 13.8. The van der Waals surface area contributed by atoms with Crippen LogP contribution in [0.3, 0.4) is 0 Å². The van der Waals surface area contributed by atoms with Gasteiger partial charge < -0.3 is 15.4 Å². The van der Waals surface area contributed by atoms with E-state index in [0.29, 0.717) is 5.92 Å². The van der Waals surface area contributed by atoms with Gasteiger partial charge >= 0.3 is 0 Å². The Balaban J connectivity index is 1.79. The summed E-state index contributed by atoms with van der Waals surface area (Å²) in [5, 5.41) is 6.83. The van der Waals surface area contributed by atoms with Gasteiger partial charge in [-0.25, -0.2) is 0 Å². The number of nitrogens with one attached hydrogen (secondary N) is 2. The molecule has 1 fully saturated rings. The van der Waals surface area contributed by atoms with E-state index in [9.17, 15) is 0 Å². The van der Waals surface area contributed by atoms with Crippen LogP contribution in [-0.2, 0) is 4.74 Å². The van der Waals surface area contributed by atoms with E-state index in [1.807, 2.05) is 13.1 Å². The molecule has 0 aliphatic carbocycles. The maximum absolute atomic E-state index is 5.93. The summed E-state index contributed by atoms with van der Waals surface area (Å²) in [7, 11) is 1.83. The quantitative estimate of drug-likeness (QED) is 0.462. The van der Waals surface area contributed by atoms with Crippen molar-refractivity contribution in [2.24, 2.45) is 10.9 Å². The highest BCUT2D eigenvalue weighted by atomic mass is 16.5. The van der Waals surface area contributed by atoms with Crippen LogP contribution in [0, 0.1) is 5.92 Å². The van der Waals surface area contributed by atoms with E-state index in [1.165, 1.54) is 24.8 Å². The van der Waals surface area contributed by atoms with Crippen LogP contribution in [0.15, 0.2) is 35.3 Å². The SMILES string of the molecule is CCCCCNC(=NC)NCC1CCOC1c1ccccc1. The van der Waals surface area contributed by atoms with Crippen LogP contribution in [0.2, 0.25) is 0 Å². The normalized spacial score (nSPS) is 21.8. The van der Waals surface area contributed by atoms with Crippen molar-refractivity contribution < 1.29 is 4.74 Å². The molecule has 0 aromatic heterocycles. The Morgan fingerprint density at radius 3 is 2.77 bits per heavy atom. The molecule has 0 saturated carbocycles. The van der Waals surface area contributed by atoms with Gasteiger partial charge in [-0.15, -0.1) is 0 Å². The van der Waals surface area contributed by atoms with Gasteiger partial charge in [-0.3, -0.25) is 4.99 Å². The average molecular weight is 303 g/mol. The molecule has 122 valence electrons. The molecule has 2 rings (SSSR count). The van der Waals surface area contributed by atoms with E-state index in [1.54, 1.807) is 0 Å². The van der Waals surface area contributed by atoms with Gasteiger partial charge in [-0.2, -0.15) is 0 Å². The highest BCUT2D eigenvalue weighted by molar-refractivity contribution is 5.79. The fourth-order valence-corrected chi connectivity index (χ4v) is 2.88. The minimum absolute atomic E-state index is 0.201. The fourth-order valence-electron chi connectivity index (χ4n) is 2.88. The largest absolute Gasteiger partial charge is 0.373 e. The molecule has 0 spiro atoms. The van der Waals surface area contributed by atoms with E-state index in [4.69, 9.17) is 4.74 Å². The van der Waals surface area contributed by atoms with E-state index < -0.39 is 0 Å². The molecule has 0 amide bonds. The van der Waals surface area contributed by atoms with Gasteiger partial charge in [0.05, 0.1) is 6.10 Å².